The molecule has 4 atom stereocenters. The number of imide groups is 1. The van der Waals surface area contributed by atoms with Crippen LogP contribution < -0.4 is 10.6 Å². The third-order valence-corrected chi connectivity index (χ3v) is 5.17. The molecule has 1 saturated heterocycles. The highest BCUT2D eigenvalue weighted by atomic mass is 16.2. The number of carbonyl (C=O) groups excluding carboxylic acids is 3. The predicted octanol–water partition coefficient (Wildman–Crippen LogP) is 1.36. The second-order valence-electron chi connectivity index (χ2n) is 6.48. The molecule has 124 valence electrons. The van der Waals surface area contributed by atoms with Gasteiger partial charge in [0.2, 0.25) is 11.8 Å². The van der Waals surface area contributed by atoms with E-state index in [-0.39, 0.29) is 42.2 Å². The Morgan fingerprint density at radius 1 is 1.17 bits per heavy atom. The number of nitrogens with one attached hydrogen (secondary N) is 2. The maximum atomic E-state index is 12.6. The molecule has 1 saturated carbocycles. The lowest BCUT2D eigenvalue weighted by Gasteiger charge is -2.38. The summed E-state index contributed by atoms with van der Waals surface area (Å²) in [6.45, 7) is -0.101. The second-order valence-corrected chi connectivity index (χ2v) is 6.48. The van der Waals surface area contributed by atoms with Gasteiger partial charge in [0.1, 0.15) is 6.67 Å². The normalized spacial score (nSPS) is 30.4. The van der Waals surface area contributed by atoms with Gasteiger partial charge in [0.25, 0.3) is 0 Å². The SMILES string of the molecule is O=C(NCN1C(=O)C2C3C=CC(CC3)C2C1=O)Nc1cccnc1. The van der Waals surface area contributed by atoms with Crippen LogP contribution in [0, 0.1) is 23.7 Å². The van der Waals surface area contributed by atoms with E-state index in [1.54, 1.807) is 18.3 Å². The molecule has 2 fully saturated rings. The summed E-state index contributed by atoms with van der Waals surface area (Å²) < 4.78 is 0. The first kappa shape index (κ1) is 14.9. The van der Waals surface area contributed by atoms with E-state index in [0.29, 0.717) is 5.69 Å². The van der Waals surface area contributed by atoms with Crippen LogP contribution in [0.25, 0.3) is 0 Å². The fourth-order valence-electron chi connectivity index (χ4n) is 4.05. The number of amides is 4. The summed E-state index contributed by atoms with van der Waals surface area (Å²) in [4.78, 5) is 42.2. The van der Waals surface area contributed by atoms with E-state index in [1.807, 2.05) is 0 Å². The molecule has 4 aliphatic rings. The highest BCUT2D eigenvalue weighted by Crippen LogP contribution is 2.49. The molecule has 1 aromatic rings. The number of likely N-dealkylation sites (tertiary alicyclic amines) is 1. The number of allylic oxidation sites excluding steroid dienone is 2. The Bertz CT molecular complexity index is 686. The Labute approximate surface area is 139 Å². The van der Waals surface area contributed by atoms with Crippen LogP contribution in [0.4, 0.5) is 10.5 Å². The molecule has 2 N–H and O–H groups in total. The molecule has 5 rings (SSSR count). The zero-order chi connectivity index (χ0) is 16.7. The van der Waals surface area contributed by atoms with Crippen LogP contribution in [0.5, 0.6) is 0 Å². The highest BCUT2D eigenvalue weighted by Gasteiger charge is 2.56. The molecule has 24 heavy (non-hydrogen) atoms. The van der Waals surface area contributed by atoms with E-state index < -0.39 is 6.03 Å². The Balaban J connectivity index is 1.40. The van der Waals surface area contributed by atoms with Crippen molar-refractivity contribution in [2.45, 2.75) is 12.8 Å². The number of anilines is 1. The molecule has 4 unspecified atom stereocenters. The molecule has 7 nitrogen and oxygen atoms in total. The number of rotatable bonds is 3. The average molecular weight is 326 g/mol. The summed E-state index contributed by atoms with van der Waals surface area (Å²) >= 11 is 0. The van der Waals surface area contributed by atoms with Gasteiger partial charge >= 0.3 is 6.03 Å². The standard InChI is InChI=1S/C17H18N4O3/c22-15-13-10-3-4-11(6-5-10)14(13)16(23)21(15)9-19-17(24)20-12-2-1-7-18-8-12/h1-4,7-8,10-11,13-14H,5-6,9H2,(H2,19,20,24). The fraction of sp³-hybridized carbons (Fsp3) is 0.412. The van der Waals surface area contributed by atoms with E-state index in [1.165, 1.54) is 11.1 Å². The summed E-state index contributed by atoms with van der Waals surface area (Å²) in [5.41, 5.74) is 0.546. The second kappa shape index (κ2) is 5.74. The van der Waals surface area contributed by atoms with Gasteiger partial charge in [-0.05, 0) is 36.8 Å². The molecule has 7 heteroatoms. The minimum absolute atomic E-state index is 0.101. The third-order valence-electron chi connectivity index (χ3n) is 5.17. The lowest BCUT2D eigenvalue weighted by molar-refractivity contribution is -0.140. The van der Waals surface area contributed by atoms with Gasteiger partial charge < -0.3 is 10.6 Å². The van der Waals surface area contributed by atoms with Crippen LogP contribution in [-0.4, -0.2) is 34.4 Å². The molecule has 2 bridgehead atoms. The van der Waals surface area contributed by atoms with Crippen molar-refractivity contribution >= 4 is 23.5 Å². The molecule has 1 aromatic heterocycles. The lowest BCUT2D eigenvalue weighted by Crippen LogP contribution is -2.43. The van der Waals surface area contributed by atoms with Crippen LogP contribution in [0.1, 0.15) is 12.8 Å². The van der Waals surface area contributed by atoms with Crippen LogP contribution in [0.15, 0.2) is 36.7 Å². The van der Waals surface area contributed by atoms with Crippen molar-refractivity contribution in [3.63, 3.8) is 0 Å². The van der Waals surface area contributed by atoms with Crippen molar-refractivity contribution in [3.05, 3.63) is 36.7 Å². The quantitative estimate of drug-likeness (QED) is 0.648. The number of urea groups is 1. The van der Waals surface area contributed by atoms with Gasteiger partial charge in [-0.3, -0.25) is 19.5 Å². The molecule has 1 aliphatic heterocycles. The number of carbonyl (C=O) groups is 3. The third kappa shape index (κ3) is 2.36. The van der Waals surface area contributed by atoms with Crippen molar-refractivity contribution in [2.75, 3.05) is 12.0 Å². The van der Waals surface area contributed by atoms with Gasteiger partial charge in [-0.1, -0.05) is 12.2 Å². The molecule has 3 aliphatic carbocycles. The minimum Gasteiger partial charge on any atom is -0.320 e. The predicted molar refractivity (Wildman–Crippen MR) is 85.4 cm³/mol. The maximum absolute atomic E-state index is 12.6. The number of nitrogens with zero attached hydrogens (tertiary/aromatic N) is 2. The van der Waals surface area contributed by atoms with Crippen LogP contribution >= 0.6 is 0 Å². The molecule has 0 radical (unpaired) electrons. The summed E-state index contributed by atoms with van der Waals surface area (Å²) in [6, 6.07) is 2.94. The van der Waals surface area contributed by atoms with E-state index in [4.69, 9.17) is 0 Å². The number of hydrogen-bond donors (Lipinski definition) is 2. The monoisotopic (exact) mass is 326 g/mol. The number of pyridine rings is 1. The summed E-state index contributed by atoms with van der Waals surface area (Å²) in [5, 5.41) is 5.19. The average Bonchev–Trinajstić information content (AvgIpc) is 2.88. The number of hydrogen-bond acceptors (Lipinski definition) is 4. The maximum Gasteiger partial charge on any atom is 0.320 e. The number of fused-ring (bicyclic) bond motifs is 1. The molecule has 4 amide bonds. The highest BCUT2D eigenvalue weighted by molar-refractivity contribution is 6.06. The van der Waals surface area contributed by atoms with Crippen molar-refractivity contribution in [3.8, 4) is 0 Å². The smallest absolute Gasteiger partial charge is 0.320 e. The Kier molecular flexibility index (Phi) is 3.55. The summed E-state index contributed by atoms with van der Waals surface area (Å²) in [5.74, 6) is -0.498. The van der Waals surface area contributed by atoms with Crippen molar-refractivity contribution < 1.29 is 14.4 Å². The van der Waals surface area contributed by atoms with Gasteiger partial charge in [0.05, 0.1) is 23.7 Å². The molecular weight excluding hydrogens is 308 g/mol. The van der Waals surface area contributed by atoms with E-state index >= 15 is 0 Å². The van der Waals surface area contributed by atoms with Gasteiger partial charge in [-0.25, -0.2) is 4.79 Å². The molecular formula is C17H18N4O3. The molecule has 0 aromatic carbocycles. The van der Waals surface area contributed by atoms with Crippen molar-refractivity contribution in [2.24, 2.45) is 23.7 Å². The minimum atomic E-state index is -0.473. The molecule has 2 heterocycles. The van der Waals surface area contributed by atoms with E-state index in [2.05, 4.69) is 27.8 Å². The van der Waals surface area contributed by atoms with Crippen LogP contribution in [0.2, 0.25) is 0 Å². The zero-order valence-electron chi connectivity index (χ0n) is 13.0. The lowest BCUT2D eigenvalue weighted by atomic mass is 9.63. The zero-order valence-corrected chi connectivity index (χ0v) is 13.0. The van der Waals surface area contributed by atoms with Gasteiger partial charge in [-0.2, -0.15) is 0 Å². The van der Waals surface area contributed by atoms with Crippen LogP contribution in [0.3, 0.4) is 0 Å². The fourth-order valence-corrected chi connectivity index (χ4v) is 4.05. The first-order chi connectivity index (χ1) is 11.6. The number of aromatic nitrogens is 1. The topological polar surface area (TPSA) is 91.4 Å². The Morgan fingerprint density at radius 2 is 1.83 bits per heavy atom. The van der Waals surface area contributed by atoms with Crippen molar-refractivity contribution in [1.29, 1.82) is 0 Å². The summed E-state index contributed by atoms with van der Waals surface area (Å²) in [7, 11) is 0. The summed E-state index contributed by atoms with van der Waals surface area (Å²) in [6.07, 6.45) is 9.20. The first-order valence-corrected chi connectivity index (χ1v) is 8.13. The first-order valence-electron chi connectivity index (χ1n) is 8.13. The Hall–Kier alpha value is -2.70. The van der Waals surface area contributed by atoms with Crippen molar-refractivity contribution in [1.82, 2.24) is 15.2 Å². The van der Waals surface area contributed by atoms with Gasteiger partial charge in [0.15, 0.2) is 0 Å². The van der Waals surface area contributed by atoms with E-state index in [9.17, 15) is 14.4 Å². The Morgan fingerprint density at radius 3 is 2.38 bits per heavy atom. The van der Waals surface area contributed by atoms with E-state index in [0.717, 1.165) is 12.8 Å². The van der Waals surface area contributed by atoms with Gasteiger partial charge in [-0.15, -0.1) is 0 Å². The largest absolute Gasteiger partial charge is 0.320 e. The van der Waals surface area contributed by atoms with Crippen LogP contribution in [-0.2, 0) is 9.59 Å². The molecule has 0 spiro atoms. The van der Waals surface area contributed by atoms with Gasteiger partial charge in [0, 0.05) is 6.20 Å².